The molecule has 2 aromatic rings. The van der Waals surface area contributed by atoms with E-state index in [1.807, 2.05) is 18.2 Å². The van der Waals surface area contributed by atoms with Crippen LogP contribution < -0.4 is 5.73 Å². The minimum absolute atomic E-state index is 0.407. The van der Waals surface area contributed by atoms with Crippen molar-refractivity contribution in [2.24, 2.45) is 5.73 Å². The molecule has 4 rings (SSSR count). The molecule has 1 aromatic heterocycles. The summed E-state index contributed by atoms with van der Waals surface area (Å²) in [4.78, 5) is 19.1. The number of amides is 1. The Balaban J connectivity index is 1.67. The molecule has 2 aliphatic rings. The van der Waals surface area contributed by atoms with Gasteiger partial charge in [0, 0.05) is 30.9 Å². The molecular formula is C20H23N3O2. The topological polar surface area (TPSA) is 68.5 Å². The number of nitrogens with two attached hydrogens (primary N) is 1. The highest BCUT2D eigenvalue weighted by Crippen LogP contribution is 2.29. The molecule has 1 amide bonds. The lowest BCUT2D eigenvalue weighted by atomic mass is 10.0. The van der Waals surface area contributed by atoms with Crippen molar-refractivity contribution in [3.05, 3.63) is 52.7 Å². The van der Waals surface area contributed by atoms with Gasteiger partial charge in [0.1, 0.15) is 0 Å². The molecule has 1 aromatic carbocycles. The number of hydrogen-bond acceptors (Lipinski definition) is 4. The monoisotopic (exact) mass is 337 g/mol. The van der Waals surface area contributed by atoms with E-state index in [0.29, 0.717) is 5.56 Å². The van der Waals surface area contributed by atoms with Crippen molar-refractivity contribution in [1.82, 2.24) is 9.88 Å². The molecule has 0 radical (unpaired) electrons. The van der Waals surface area contributed by atoms with Crippen LogP contribution in [0.15, 0.2) is 30.3 Å². The SMILES string of the molecule is NC(=O)c1cc2c(nc1-c1cccc(CN3CCOCC3)c1)CCC2. The maximum atomic E-state index is 12.0. The van der Waals surface area contributed by atoms with Crippen LogP contribution in [0, 0.1) is 0 Å². The van der Waals surface area contributed by atoms with Crippen LogP contribution in [-0.4, -0.2) is 42.1 Å². The van der Waals surface area contributed by atoms with Crippen LogP contribution in [0.4, 0.5) is 0 Å². The third kappa shape index (κ3) is 3.43. The largest absolute Gasteiger partial charge is 0.379 e. The number of aryl methyl sites for hydroxylation is 2. The van der Waals surface area contributed by atoms with E-state index in [0.717, 1.165) is 69.1 Å². The van der Waals surface area contributed by atoms with Gasteiger partial charge in [-0.25, -0.2) is 0 Å². The Morgan fingerprint density at radius 2 is 2.04 bits per heavy atom. The molecule has 130 valence electrons. The second kappa shape index (κ2) is 6.94. The van der Waals surface area contributed by atoms with Crippen molar-refractivity contribution in [2.45, 2.75) is 25.8 Å². The van der Waals surface area contributed by atoms with Gasteiger partial charge in [0.05, 0.1) is 24.5 Å². The van der Waals surface area contributed by atoms with Gasteiger partial charge >= 0.3 is 0 Å². The van der Waals surface area contributed by atoms with Gasteiger partial charge in [0.25, 0.3) is 5.91 Å². The number of rotatable bonds is 4. The molecule has 0 atom stereocenters. The quantitative estimate of drug-likeness (QED) is 0.928. The van der Waals surface area contributed by atoms with Crippen molar-refractivity contribution in [2.75, 3.05) is 26.3 Å². The average molecular weight is 337 g/mol. The lowest BCUT2D eigenvalue weighted by molar-refractivity contribution is 0.0342. The van der Waals surface area contributed by atoms with Crippen LogP contribution in [0.5, 0.6) is 0 Å². The van der Waals surface area contributed by atoms with Gasteiger partial charge in [0.15, 0.2) is 0 Å². The molecule has 1 aliphatic heterocycles. The minimum Gasteiger partial charge on any atom is -0.379 e. The highest BCUT2D eigenvalue weighted by molar-refractivity contribution is 5.99. The van der Waals surface area contributed by atoms with E-state index in [1.165, 1.54) is 11.1 Å². The third-order valence-corrected chi connectivity index (χ3v) is 5.03. The first-order chi connectivity index (χ1) is 12.2. The first-order valence-electron chi connectivity index (χ1n) is 8.93. The Morgan fingerprint density at radius 3 is 2.84 bits per heavy atom. The summed E-state index contributed by atoms with van der Waals surface area (Å²) in [5, 5.41) is 0. The normalized spacial score (nSPS) is 17.4. The summed E-state index contributed by atoms with van der Waals surface area (Å²) in [5.41, 5.74) is 11.3. The first-order valence-corrected chi connectivity index (χ1v) is 8.93. The second-order valence-corrected chi connectivity index (χ2v) is 6.80. The molecule has 0 unspecified atom stereocenters. The fraction of sp³-hybridized carbons (Fsp3) is 0.400. The van der Waals surface area contributed by atoms with Crippen LogP contribution >= 0.6 is 0 Å². The number of fused-ring (bicyclic) bond motifs is 1. The van der Waals surface area contributed by atoms with Gasteiger partial charge in [-0.05, 0) is 42.5 Å². The molecule has 5 nitrogen and oxygen atoms in total. The first kappa shape index (κ1) is 16.2. The molecule has 2 N–H and O–H groups in total. The Kier molecular flexibility index (Phi) is 4.51. The van der Waals surface area contributed by atoms with Crippen molar-refractivity contribution in [1.29, 1.82) is 0 Å². The van der Waals surface area contributed by atoms with Crippen LogP contribution in [0.2, 0.25) is 0 Å². The summed E-state index contributed by atoms with van der Waals surface area (Å²) < 4.78 is 5.41. The summed E-state index contributed by atoms with van der Waals surface area (Å²) in [7, 11) is 0. The smallest absolute Gasteiger partial charge is 0.250 e. The summed E-state index contributed by atoms with van der Waals surface area (Å²) >= 11 is 0. The number of primary amides is 1. The standard InChI is InChI=1S/C20H23N3O2/c21-20(24)17-12-15-4-2-6-18(15)22-19(17)16-5-1-3-14(11-16)13-23-7-9-25-10-8-23/h1,3,5,11-12H,2,4,6-10,13H2,(H2,21,24). The van der Waals surface area contributed by atoms with Crippen LogP contribution in [0.1, 0.15) is 33.6 Å². The van der Waals surface area contributed by atoms with Gasteiger partial charge in [-0.2, -0.15) is 0 Å². The minimum atomic E-state index is -0.407. The second-order valence-electron chi connectivity index (χ2n) is 6.80. The highest BCUT2D eigenvalue weighted by atomic mass is 16.5. The highest BCUT2D eigenvalue weighted by Gasteiger charge is 2.20. The van der Waals surface area contributed by atoms with E-state index >= 15 is 0 Å². The van der Waals surface area contributed by atoms with Crippen molar-refractivity contribution in [3.63, 3.8) is 0 Å². The van der Waals surface area contributed by atoms with Gasteiger partial charge in [-0.3, -0.25) is 14.7 Å². The Morgan fingerprint density at radius 1 is 1.20 bits per heavy atom. The van der Waals surface area contributed by atoms with Crippen LogP contribution in [0.25, 0.3) is 11.3 Å². The number of carbonyl (C=O) groups excluding carboxylic acids is 1. The summed E-state index contributed by atoms with van der Waals surface area (Å²) in [6.07, 6.45) is 3.07. The van der Waals surface area contributed by atoms with Crippen molar-refractivity contribution >= 4 is 5.91 Å². The van der Waals surface area contributed by atoms with E-state index in [4.69, 9.17) is 15.5 Å². The number of carbonyl (C=O) groups is 1. The molecule has 1 fully saturated rings. The van der Waals surface area contributed by atoms with E-state index in [-0.39, 0.29) is 0 Å². The molecule has 5 heteroatoms. The third-order valence-electron chi connectivity index (χ3n) is 5.03. The average Bonchev–Trinajstić information content (AvgIpc) is 3.09. The van der Waals surface area contributed by atoms with Gasteiger partial charge < -0.3 is 10.5 Å². The Hall–Kier alpha value is -2.24. The number of aromatic nitrogens is 1. The fourth-order valence-corrected chi connectivity index (χ4v) is 3.71. The molecule has 0 saturated carbocycles. The maximum Gasteiger partial charge on any atom is 0.250 e. The van der Waals surface area contributed by atoms with Crippen LogP contribution in [-0.2, 0) is 24.1 Å². The number of benzene rings is 1. The van der Waals surface area contributed by atoms with Gasteiger partial charge in [-0.1, -0.05) is 18.2 Å². The molecule has 1 aliphatic carbocycles. The molecular weight excluding hydrogens is 314 g/mol. The molecule has 1 saturated heterocycles. The molecule has 0 bridgehead atoms. The predicted molar refractivity (Wildman–Crippen MR) is 96.3 cm³/mol. The lowest BCUT2D eigenvalue weighted by Crippen LogP contribution is -2.35. The van der Waals surface area contributed by atoms with E-state index in [2.05, 4.69) is 17.0 Å². The van der Waals surface area contributed by atoms with Gasteiger partial charge in [-0.15, -0.1) is 0 Å². The Bertz CT molecular complexity index is 798. The van der Waals surface area contributed by atoms with E-state index in [1.54, 1.807) is 0 Å². The Labute approximate surface area is 147 Å². The van der Waals surface area contributed by atoms with Crippen LogP contribution in [0.3, 0.4) is 0 Å². The number of hydrogen-bond donors (Lipinski definition) is 1. The van der Waals surface area contributed by atoms with Crippen molar-refractivity contribution in [3.8, 4) is 11.3 Å². The molecule has 0 spiro atoms. The van der Waals surface area contributed by atoms with Gasteiger partial charge in [0.2, 0.25) is 0 Å². The van der Waals surface area contributed by atoms with Crippen molar-refractivity contribution < 1.29 is 9.53 Å². The lowest BCUT2D eigenvalue weighted by Gasteiger charge is -2.26. The maximum absolute atomic E-state index is 12.0. The van der Waals surface area contributed by atoms with E-state index in [9.17, 15) is 4.79 Å². The summed E-state index contributed by atoms with van der Waals surface area (Å²) in [6, 6.07) is 10.2. The predicted octanol–water partition coefficient (Wildman–Crippen LogP) is 2.17. The molecule has 25 heavy (non-hydrogen) atoms. The zero-order valence-electron chi connectivity index (χ0n) is 14.3. The zero-order chi connectivity index (χ0) is 17.2. The number of morpholine rings is 1. The number of pyridine rings is 1. The van der Waals surface area contributed by atoms with E-state index < -0.39 is 5.91 Å². The fourth-order valence-electron chi connectivity index (χ4n) is 3.71. The molecule has 2 heterocycles. The number of nitrogens with zero attached hydrogens (tertiary/aromatic N) is 2. The summed E-state index contributed by atoms with van der Waals surface area (Å²) in [5.74, 6) is -0.407. The zero-order valence-corrected chi connectivity index (χ0v) is 14.3. The number of ether oxygens (including phenoxy) is 1. The summed E-state index contributed by atoms with van der Waals surface area (Å²) in [6.45, 7) is 4.37.